The highest BCUT2D eigenvalue weighted by atomic mass is 127. The first kappa shape index (κ1) is 25.0. The molecule has 29 heavy (non-hydrogen) atoms. The second-order valence-corrected chi connectivity index (χ2v) is 7.49. The van der Waals surface area contributed by atoms with E-state index in [0.717, 1.165) is 0 Å². The molecule has 0 radical (unpaired) electrons. The van der Waals surface area contributed by atoms with Crippen LogP contribution in [0.3, 0.4) is 0 Å². The summed E-state index contributed by atoms with van der Waals surface area (Å²) in [7, 11) is 0. The molecule has 13 heteroatoms. The van der Waals surface area contributed by atoms with E-state index in [1.807, 2.05) is 22.6 Å². The number of aliphatic carboxylic acids is 4. The van der Waals surface area contributed by atoms with Crippen LogP contribution in [0.1, 0.15) is 19.3 Å². The summed E-state index contributed by atoms with van der Waals surface area (Å²) in [4.78, 5) is 59.1. The van der Waals surface area contributed by atoms with Gasteiger partial charge in [-0.05, 0) is 19.3 Å². The quantitative estimate of drug-likeness (QED) is 0.151. The second-order valence-electron chi connectivity index (χ2n) is 6.73. The summed E-state index contributed by atoms with van der Waals surface area (Å²) in [6, 6.07) is -1.83. The molecule has 1 saturated carbocycles. The van der Waals surface area contributed by atoms with Crippen molar-refractivity contribution in [1.82, 2.24) is 15.1 Å². The van der Waals surface area contributed by atoms with Crippen molar-refractivity contribution in [2.75, 3.05) is 30.6 Å². The summed E-state index contributed by atoms with van der Waals surface area (Å²) in [5.74, 6) is -5.29. The fourth-order valence-corrected chi connectivity index (χ4v) is 3.84. The molecule has 0 aromatic heterocycles. The second kappa shape index (κ2) is 11.9. The van der Waals surface area contributed by atoms with E-state index in [4.69, 9.17) is 10.2 Å². The van der Waals surface area contributed by atoms with Crippen LogP contribution in [0.25, 0.3) is 0 Å². The van der Waals surface area contributed by atoms with Crippen LogP contribution in [0.4, 0.5) is 0 Å². The number of carbonyl (C=O) groups is 5. The number of carbonyl (C=O) groups excluding carboxylic acids is 1. The van der Waals surface area contributed by atoms with Gasteiger partial charge >= 0.3 is 23.9 Å². The van der Waals surface area contributed by atoms with E-state index in [1.165, 1.54) is 9.80 Å². The molecule has 0 heterocycles. The van der Waals surface area contributed by atoms with Gasteiger partial charge in [-0.25, -0.2) is 0 Å². The normalized spacial score (nSPS) is 21.7. The van der Waals surface area contributed by atoms with Crippen molar-refractivity contribution in [2.45, 2.75) is 37.4 Å². The molecule has 1 unspecified atom stereocenters. The molecule has 0 aliphatic heterocycles. The number of hydrogen-bond acceptors (Lipinski definition) is 7. The number of alkyl halides is 1. The van der Waals surface area contributed by atoms with Gasteiger partial charge in [-0.2, -0.15) is 0 Å². The summed E-state index contributed by atoms with van der Waals surface area (Å²) in [6.07, 6.45) is 0.865. The van der Waals surface area contributed by atoms with E-state index in [9.17, 15) is 34.2 Å². The molecule has 1 aliphatic carbocycles. The summed E-state index contributed by atoms with van der Waals surface area (Å²) >= 11 is 1.88. The predicted molar refractivity (Wildman–Crippen MR) is 106 cm³/mol. The van der Waals surface area contributed by atoms with Crippen LogP contribution in [0.15, 0.2) is 0 Å². The van der Waals surface area contributed by atoms with Crippen molar-refractivity contribution in [2.24, 2.45) is 0 Å². The number of halogens is 1. The topological polar surface area (TPSA) is 185 Å². The zero-order chi connectivity index (χ0) is 22.1. The average Bonchev–Trinajstić information content (AvgIpc) is 2.58. The van der Waals surface area contributed by atoms with Crippen molar-refractivity contribution in [3.63, 3.8) is 0 Å². The fourth-order valence-electron chi connectivity index (χ4n) is 3.62. The zero-order valence-electron chi connectivity index (χ0n) is 15.5. The molecule has 12 nitrogen and oxygen atoms in total. The van der Waals surface area contributed by atoms with E-state index in [1.54, 1.807) is 0 Å². The minimum absolute atomic E-state index is 0.170. The van der Waals surface area contributed by atoms with E-state index in [-0.39, 0.29) is 29.2 Å². The summed E-state index contributed by atoms with van der Waals surface area (Å²) in [5, 5.41) is 39.5. The molecule has 1 rings (SSSR count). The van der Waals surface area contributed by atoms with Crippen LogP contribution < -0.4 is 5.32 Å². The maximum atomic E-state index is 11.7. The van der Waals surface area contributed by atoms with Gasteiger partial charge in [0.25, 0.3) is 0 Å². The van der Waals surface area contributed by atoms with Crippen LogP contribution >= 0.6 is 22.6 Å². The first-order valence-corrected chi connectivity index (χ1v) is 10.3. The molecule has 164 valence electrons. The largest absolute Gasteiger partial charge is 0.480 e. The minimum atomic E-state index is -1.27. The summed E-state index contributed by atoms with van der Waals surface area (Å²) < 4.78 is 0.209. The number of carboxylic acid groups (broad SMARTS) is 4. The third kappa shape index (κ3) is 8.91. The summed E-state index contributed by atoms with van der Waals surface area (Å²) in [5.41, 5.74) is 0. The number of nitrogens with one attached hydrogen (secondary N) is 1. The van der Waals surface area contributed by atoms with Gasteiger partial charge in [0.1, 0.15) is 0 Å². The smallest absolute Gasteiger partial charge is 0.317 e. The third-order valence-corrected chi connectivity index (χ3v) is 5.25. The maximum absolute atomic E-state index is 11.7. The fraction of sp³-hybridized carbons (Fsp3) is 0.688. The van der Waals surface area contributed by atoms with Crippen LogP contribution in [0.2, 0.25) is 0 Å². The molecule has 0 saturated heterocycles. The molecular formula is C16H24IN3O9. The van der Waals surface area contributed by atoms with E-state index >= 15 is 0 Å². The van der Waals surface area contributed by atoms with Gasteiger partial charge in [-0.15, -0.1) is 0 Å². The van der Waals surface area contributed by atoms with Crippen LogP contribution in [-0.4, -0.2) is 109 Å². The monoisotopic (exact) mass is 529 g/mol. The molecule has 0 aromatic carbocycles. The lowest BCUT2D eigenvalue weighted by Gasteiger charge is -2.45. The predicted octanol–water partition coefficient (Wildman–Crippen LogP) is -1.23. The Kier molecular flexibility index (Phi) is 10.2. The molecule has 0 spiro atoms. The van der Waals surface area contributed by atoms with Crippen molar-refractivity contribution < 1.29 is 44.4 Å². The Balaban J connectivity index is 3.21. The highest BCUT2D eigenvalue weighted by Gasteiger charge is 2.40. The third-order valence-electron chi connectivity index (χ3n) is 4.56. The Hall–Kier alpha value is -2.00. The Bertz CT molecular complexity index is 613. The minimum Gasteiger partial charge on any atom is -0.480 e. The van der Waals surface area contributed by atoms with Gasteiger partial charge in [0.15, 0.2) is 0 Å². The molecular weight excluding hydrogens is 505 g/mol. The standard InChI is InChI=1S/C16H24IN3O9/c17-4-12(21)18-9-1-2-10(19(5-13(22)23)6-14(24)25)11(3-9)20(7-15(26)27)8-16(28)29/h9-11H,1-8H2,(H,18,21)(H,22,23)(H,24,25)(H,26,27)(H,28,29)/t9?,10-,11-/m1/s1. The Morgan fingerprint density at radius 3 is 1.55 bits per heavy atom. The molecule has 0 aromatic rings. The van der Waals surface area contributed by atoms with Crippen molar-refractivity contribution in [1.29, 1.82) is 0 Å². The van der Waals surface area contributed by atoms with Crippen LogP contribution in [0.5, 0.6) is 0 Å². The molecule has 5 N–H and O–H groups in total. The number of rotatable bonds is 12. The Labute approximate surface area is 180 Å². The first-order valence-electron chi connectivity index (χ1n) is 8.74. The molecule has 0 bridgehead atoms. The summed E-state index contributed by atoms with van der Waals surface area (Å²) in [6.45, 7) is -2.42. The number of amides is 1. The Morgan fingerprint density at radius 2 is 1.17 bits per heavy atom. The Morgan fingerprint density at radius 1 is 0.759 bits per heavy atom. The van der Waals surface area contributed by atoms with Crippen LogP contribution in [-0.2, 0) is 24.0 Å². The highest BCUT2D eigenvalue weighted by Crippen LogP contribution is 2.28. The van der Waals surface area contributed by atoms with Gasteiger partial charge < -0.3 is 25.7 Å². The van der Waals surface area contributed by atoms with Crippen LogP contribution in [0, 0.1) is 0 Å². The molecule has 1 fully saturated rings. The number of nitrogens with zero attached hydrogens (tertiary/aromatic N) is 2. The van der Waals surface area contributed by atoms with E-state index < -0.39 is 62.1 Å². The van der Waals surface area contributed by atoms with Gasteiger partial charge in [0.2, 0.25) is 5.91 Å². The highest BCUT2D eigenvalue weighted by molar-refractivity contribution is 14.1. The lowest BCUT2D eigenvalue weighted by Crippen LogP contribution is -2.60. The lowest BCUT2D eigenvalue weighted by atomic mass is 9.84. The van der Waals surface area contributed by atoms with Gasteiger partial charge in [0, 0.05) is 18.1 Å². The average molecular weight is 529 g/mol. The van der Waals surface area contributed by atoms with Crippen molar-refractivity contribution in [3.05, 3.63) is 0 Å². The van der Waals surface area contributed by atoms with E-state index in [2.05, 4.69) is 5.32 Å². The zero-order valence-corrected chi connectivity index (χ0v) is 17.6. The number of hydrogen-bond donors (Lipinski definition) is 5. The lowest BCUT2D eigenvalue weighted by molar-refractivity contribution is -0.149. The molecule has 1 aliphatic rings. The van der Waals surface area contributed by atoms with Crippen molar-refractivity contribution in [3.8, 4) is 0 Å². The molecule has 3 atom stereocenters. The van der Waals surface area contributed by atoms with Gasteiger partial charge in [0.05, 0.1) is 30.6 Å². The maximum Gasteiger partial charge on any atom is 0.317 e. The van der Waals surface area contributed by atoms with Gasteiger partial charge in [-0.1, -0.05) is 22.6 Å². The molecule has 1 amide bonds. The number of carboxylic acids is 4. The van der Waals surface area contributed by atoms with Crippen molar-refractivity contribution >= 4 is 52.4 Å². The SMILES string of the molecule is O=C(O)CN(CC(=O)O)[C@@H]1CCC(NC(=O)CI)C[C@H]1N(CC(=O)O)CC(=O)O. The van der Waals surface area contributed by atoms with E-state index in [0.29, 0.717) is 6.42 Å². The first-order chi connectivity index (χ1) is 13.5. The van der Waals surface area contributed by atoms with Gasteiger partial charge in [-0.3, -0.25) is 33.8 Å².